The molecule has 1 aromatic carbocycles. The van der Waals surface area contributed by atoms with E-state index in [1.54, 1.807) is 24.3 Å². The van der Waals surface area contributed by atoms with Gasteiger partial charge in [0.2, 0.25) is 5.91 Å². The van der Waals surface area contributed by atoms with Crippen molar-refractivity contribution < 1.29 is 9.53 Å². The molecule has 5 heteroatoms. The smallest absolute Gasteiger partial charge is 0.241 e. The molecule has 0 bridgehead atoms. The molecule has 94 valence electrons. The van der Waals surface area contributed by atoms with Gasteiger partial charge in [0.25, 0.3) is 0 Å². The van der Waals surface area contributed by atoms with E-state index >= 15 is 0 Å². The lowest BCUT2D eigenvalue weighted by atomic mass is 10.2. The molecule has 1 saturated heterocycles. The highest BCUT2D eigenvalue weighted by atomic mass is 16.5. The molecular formula is C13H15N3O2. The Morgan fingerprint density at radius 3 is 3.22 bits per heavy atom. The number of amides is 1. The largest absolute Gasteiger partial charge is 0.479 e. The van der Waals surface area contributed by atoms with Gasteiger partial charge in [0.05, 0.1) is 6.04 Å². The molecule has 0 saturated carbocycles. The normalized spacial score (nSPS) is 18.1. The fourth-order valence-corrected chi connectivity index (χ4v) is 1.92. The van der Waals surface area contributed by atoms with Crippen LogP contribution in [0, 0.1) is 11.3 Å². The first-order valence-corrected chi connectivity index (χ1v) is 5.93. The van der Waals surface area contributed by atoms with Crippen LogP contribution in [0.5, 0.6) is 5.75 Å². The molecule has 5 nitrogen and oxygen atoms in total. The summed E-state index contributed by atoms with van der Waals surface area (Å²) in [6.07, 6.45) is 1.90. The monoisotopic (exact) mass is 245 g/mol. The molecule has 1 amide bonds. The standard InChI is InChI=1S/C13H15N3O2/c14-6-8-18-11-4-1-3-10(9-11)16-13(17)12-5-2-7-15-12/h1,3-4,9,12,15H,2,5,7-8H2,(H,16,17). The van der Waals surface area contributed by atoms with E-state index in [1.165, 1.54) is 0 Å². The van der Waals surface area contributed by atoms with Gasteiger partial charge in [-0.3, -0.25) is 4.79 Å². The summed E-state index contributed by atoms with van der Waals surface area (Å²) >= 11 is 0. The van der Waals surface area contributed by atoms with Crippen molar-refractivity contribution in [3.8, 4) is 11.8 Å². The van der Waals surface area contributed by atoms with Crippen molar-refractivity contribution in [1.29, 1.82) is 5.26 Å². The Bertz CT molecular complexity index is 462. The Labute approximate surface area is 106 Å². The summed E-state index contributed by atoms with van der Waals surface area (Å²) < 4.78 is 5.17. The maximum atomic E-state index is 11.9. The summed E-state index contributed by atoms with van der Waals surface area (Å²) in [4.78, 5) is 11.9. The minimum absolute atomic E-state index is 0.00157. The van der Waals surface area contributed by atoms with E-state index in [-0.39, 0.29) is 18.6 Å². The lowest BCUT2D eigenvalue weighted by molar-refractivity contribution is -0.117. The quantitative estimate of drug-likeness (QED) is 0.838. The van der Waals surface area contributed by atoms with Gasteiger partial charge in [0, 0.05) is 11.8 Å². The number of nitrogens with one attached hydrogen (secondary N) is 2. The van der Waals surface area contributed by atoms with Crippen molar-refractivity contribution in [2.24, 2.45) is 0 Å². The second-order valence-electron chi connectivity index (χ2n) is 4.11. The first kappa shape index (κ1) is 12.4. The molecule has 1 heterocycles. The maximum absolute atomic E-state index is 11.9. The van der Waals surface area contributed by atoms with Crippen LogP contribution in [0.15, 0.2) is 24.3 Å². The number of benzene rings is 1. The average Bonchev–Trinajstić information content (AvgIpc) is 2.91. The van der Waals surface area contributed by atoms with Gasteiger partial charge in [0.1, 0.15) is 11.8 Å². The van der Waals surface area contributed by atoms with E-state index < -0.39 is 0 Å². The lowest BCUT2D eigenvalue weighted by Gasteiger charge is -2.11. The van der Waals surface area contributed by atoms with Crippen LogP contribution in [0.3, 0.4) is 0 Å². The Morgan fingerprint density at radius 2 is 2.50 bits per heavy atom. The first-order valence-electron chi connectivity index (χ1n) is 5.93. The van der Waals surface area contributed by atoms with Gasteiger partial charge in [-0.2, -0.15) is 5.26 Å². The molecule has 1 fully saturated rings. The molecule has 0 aromatic heterocycles. The number of nitrogens with zero attached hydrogens (tertiary/aromatic N) is 1. The van der Waals surface area contributed by atoms with Gasteiger partial charge in [-0.25, -0.2) is 0 Å². The summed E-state index contributed by atoms with van der Waals surface area (Å²) in [7, 11) is 0. The summed E-state index contributed by atoms with van der Waals surface area (Å²) in [5.74, 6) is 0.554. The van der Waals surface area contributed by atoms with E-state index in [0.717, 1.165) is 19.4 Å². The van der Waals surface area contributed by atoms with Crippen LogP contribution in [-0.4, -0.2) is 25.1 Å². The molecule has 1 aliphatic heterocycles. The zero-order valence-corrected chi connectivity index (χ0v) is 9.98. The van der Waals surface area contributed by atoms with Crippen LogP contribution in [-0.2, 0) is 4.79 Å². The summed E-state index contributed by atoms with van der Waals surface area (Å²) in [5.41, 5.74) is 0.684. The SMILES string of the molecule is N#CCOc1cccc(NC(=O)C2CCCN2)c1. The fourth-order valence-electron chi connectivity index (χ4n) is 1.92. The van der Waals surface area contributed by atoms with Crippen LogP contribution in [0.2, 0.25) is 0 Å². The van der Waals surface area contributed by atoms with Crippen molar-refractivity contribution in [2.45, 2.75) is 18.9 Å². The molecule has 2 rings (SSSR count). The highest BCUT2D eigenvalue weighted by Gasteiger charge is 2.21. The zero-order valence-electron chi connectivity index (χ0n) is 9.98. The Morgan fingerprint density at radius 1 is 1.61 bits per heavy atom. The molecular weight excluding hydrogens is 230 g/mol. The molecule has 18 heavy (non-hydrogen) atoms. The number of hydrogen-bond donors (Lipinski definition) is 2. The van der Waals surface area contributed by atoms with E-state index in [0.29, 0.717) is 11.4 Å². The number of anilines is 1. The molecule has 0 aliphatic carbocycles. The summed E-state index contributed by atoms with van der Waals surface area (Å²) in [6, 6.07) is 8.84. The number of ether oxygens (including phenoxy) is 1. The Balaban J connectivity index is 1.96. The van der Waals surface area contributed by atoms with Crippen LogP contribution in [0.25, 0.3) is 0 Å². The highest BCUT2D eigenvalue weighted by molar-refractivity contribution is 5.95. The van der Waals surface area contributed by atoms with E-state index in [4.69, 9.17) is 10.00 Å². The van der Waals surface area contributed by atoms with Crippen LogP contribution >= 0.6 is 0 Å². The number of nitriles is 1. The minimum Gasteiger partial charge on any atom is -0.479 e. The number of carbonyl (C=O) groups excluding carboxylic acids is 1. The third kappa shape index (κ3) is 3.22. The zero-order chi connectivity index (χ0) is 12.8. The third-order valence-electron chi connectivity index (χ3n) is 2.78. The average molecular weight is 245 g/mol. The van der Waals surface area contributed by atoms with Crippen LogP contribution in [0.1, 0.15) is 12.8 Å². The molecule has 2 N–H and O–H groups in total. The van der Waals surface area contributed by atoms with Gasteiger partial charge in [-0.1, -0.05) is 6.07 Å². The second-order valence-corrected chi connectivity index (χ2v) is 4.11. The van der Waals surface area contributed by atoms with Gasteiger partial charge < -0.3 is 15.4 Å². The fraction of sp³-hybridized carbons (Fsp3) is 0.385. The van der Waals surface area contributed by atoms with Crippen molar-refractivity contribution in [2.75, 3.05) is 18.5 Å². The number of carbonyl (C=O) groups is 1. The molecule has 1 atom stereocenters. The second kappa shape index (κ2) is 6.03. The van der Waals surface area contributed by atoms with Gasteiger partial charge in [0.15, 0.2) is 6.61 Å². The minimum atomic E-state index is -0.103. The van der Waals surface area contributed by atoms with Gasteiger partial charge in [-0.15, -0.1) is 0 Å². The molecule has 0 spiro atoms. The molecule has 1 aromatic rings. The molecule has 1 unspecified atom stereocenters. The van der Waals surface area contributed by atoms with Crippen LogP contribution < -0.4 is 15.4 Å². The summed E-state index contributed by atoms with van der Waals surface area (Å²) in [6.45, 7) is 0.894. The summed E-state index contributed by atoms with van der Waals surface area (Å²) in [5, 5.41) is 14.4. The molecule has 0 radical (unpaired) electrons. The van der Waals surface area contributed by atoms with E-state index in [2.05, 4.69) is 10.6 Å². The van der Waals surface area contributed by atoms with Crippen molar-refractivity contribution in [3.05, 3.63) is 24.3 Å². The van der Waals surface area contributed by atoms with Crippen molar-refractivity contribution >= 4 is 11.6 Å². The van der Waals surface area contributed by atoms with E-state index in [9.17, 15) is 4.79 Å². The lowest BCUT2D eigenvalue weighted by Crippen LogP contribution is -2.35. The number of rotatable bonds is 4. The molecule has 1 aliphatic rings. The van der Waals surface area contributed by atoms with Crippen molar-refractivity contribution in [1.82, 2.24) is 5.32 Å². The van der Waals surface area contributed by atoms with E-state index in [1.807, 2.05) is 6.07 Å². The topological polar surface area (TPSA) is 74.1 Å². The van der Waals surface area contributed by atoms with Crippen LogP contribution in [0.4, 0.5) is 5.69 Å². The highest BCUT2D eigenvalue weighted by Crippen LogP contribution is 2.18. The number of hydrogen-bond acceptors (Lipinski definition) is 4. The van der Waals surface area contributed by atoms with Crippen molar-refractivity contribution in [3.63, 3.8) is 0 Å². The van der Waals surface area contributed by atoms with Gasteiger partial charge in [-0.05, 0) is 31.5 Å². The Hall–Kier alpha value is -2.06. The van der Waals surface area contributed by atoms with Gasteiger partial charge >= 0.3 is 0 Å². The third-order valence-corrected chi connectivity index (χ3v) is 2.78. The predicted octanol–water partition coefficient (Wildman–Crippen LogP) is 1.28. The first-order chi connectivity index (χ1) is 8.79. The maximum Gasteiger partial charge on any atom is 0.241 e. The Kier molecular flexibility index (Phi) is 4.15. The predicted molar refractivity (Wildman–Crippen MR) is 67.2 cm³/mol.